The van der Waals surface area contributed by atoms with Crippen molar-refractivity contribution in [2.75, 3.05) is 6.54 Å². The Bertz CT molecular complexity index is 850. The molecule has 5 heteroatoms. The van der Waals surface area contributed by atoms with Crippen molar-refractivity contribution in [2.45, 2.75) is 25.9 Å². The lowest BCUT2D eigenvalue weighted by Gasteiger charge is -2.32. The molecule has 1 aromatic carbocycles. The topological polar surface area (TPSA) is 36.1 Å². The van der Waals surface area contributed by atoms with Crippen LogP contribution in [0, 0.1) is 29.1 Å². The van der Waals surface area contributed by atoms with Crippen molar-refractivity contribution in [1.82, 2.24) is 9.88 Å². The zero-order chi connectivity index (χ0) is 16.4. The molecule has 3 nitrogen and oxygen atoms in total. The molecule has 1 N–H and O–H groups in total. The number of fused-ring (bicyclic) bond motifs is 2. The second kappa shape index (κ2) is 4.82. The van der Waals surface area contributed by atoms with Crippen LogP contribution in [0.5, 0.6) is 0 Å². The predicted molar refractivity (Wildman–Crippen MR) is 89.2 cm³/mol. The number of H-pyrrole nitrogens is 1. The first kappa shape index (κ1) is 14.7. The number of carbonyl (C=O) groups excluding carboxylic acids is 1. The standard InChI is InChI=1S/C18H19FN2OSi/c1-18(2)11-8-15(23-3)21(9-12(11)18)17(22)14-7-10-5-4-6-13(19)16(10)20-14/h3-7,11-12,15,20H,8-9H2,1-2H3/t11-,12+,15?/m1/s1. The molecule has 4 rings (SSSR count). The Kier molecular flexibility index (Phi) is 3.09. The van der Waals surface area contributed by atoms with Crippen LogP contribution in [0.2, 0.25) is 0 Å². The monoisotopic (exact) mass is 326 g/mol. The van der Waals surface area contributed by atoms with E-state index in [0.29, 0.717) is 28.5 Å². The Hall–Kier alpha value is -1.84. The molecule has 23 heavy (non-hydrogen) atoms. The fourth-order valence-electron chi connectivity index (χ4n) is 4.17. The number of aromatic nitrogens is 1. The first-order valence-electron chi connectivity index (χ1n) is 7.98. The van der Waals surface area contributed by atoms with Crippen molar-refractivity contribution < 1.29 is 9.18 Å². The zero-order valence-electron chi connectivity index (χ0n) is 13.3. The summed E-state index contributed by atoms with van der Waals surface area (Å²) in [5, 5.41) is 0.724. The number of carbonyl (C=O) groups is 1. The molecule has 0 spiro atoms. The van der Waals surface area contributed by atoms with Crippen LogP contribution in [0.1, 0.15) is 30.8 Å². The highest BCUT2D eigenvalue weighted by atomic mass is 28.2. The molecule has 2 heterocycles. The van der Waals surface area contributed by atoms with Crippen molar-refractivity contribution in [3.8, 4) is 6.00 Å². The summed E-state index contributed by atoms with van der Waals surface area (Å²) < 4.78 is 13.8. The van der Waals surface area contributed by atoms with Gasteiger partial charge in [0.1, 0.15) is 11.5 Å². The lowest BCUT2D eigenvalue weighted by Crippen LogP contribution is -2.45. The summed E-state index contributed by atoms with van der Waals surface area (Å²) in [6.07, 6.45) is 0.979. The number of likely N-dealkylation sites (tertiary alicyclic amines) is 1. The van der Waals surface area contributed by atoms with Crippen molar-refractivity contribution in [1.29, 1.82) is 0 Å². The minimum atomic E-state index is -0.333. The van der Waals surface area contributed by atoms with Crippen molar-refractivity contribution in [2.24, 2.45) is 17.3 Å². The predicted octanol–water partition coefficient (Wildman–Crippen LogP) is 3.04. The van der Waals surface area contributed by atoms with Crippen molar-refractivity contribution in [3.05, 3.63) is 35.8 Å². The molecule has 3 atom stereocenters. The van der Waals surface area contributed by atoms with E-state index in [9.17, 15) is 9.18 Å². The molecule has 1 aliphatic carbocycles. The number of hydrogen-bond acceptors (Lipinski definition) is 1. The number of nitrogens with one attached hydrogen (secondary N) is 1. The van der Waals surface area contributed by atoms with E-state index in [4.69, 9.17) is 6.00 Å². The molecule has 1 saturated heterocycles. The van der Waals surface area contributed by atoms with Crippen LogP contribution in [0.25, 0.3) is 10.9 Å². The van der Waals surface area contributed by atoms with E-state index >= 15 is 0 Å². The van der Waals surface area contributed by atoms with Crippen LogP contribution in [0.3, 0.4) is 0 Å². The fraction of sp³-hybridized carbons (Fsp3) is 0.444. The third kappa shape index (κ3) is 2.11. The Morgan fingerprint density at radius 3 is 2.91 bits per heavy atom. The smallest absolute Gasteiger partial charge is 0.270 e. The van der Waals surface area contributed by atoms with Gasteiger partial charge in [0.25, 0.3) is 5.91 Å². The average molecular weight is 326 g/mol. The minimum absolute atomic E-state index is 0.0651. The van der Waals surface area contributed by atoms with E-state index in [1.54, 1.807) is 12.1 Å². The van der Waals surface area contributed by atoms with Crippen LogP contribution >= 0.6 is 0 Å². The van der Waals surface area contributed by atoms with E-state index in [-0.39, 0.29) is 26.3 Å². The first-order chi connectivity index (χ1) is 10.9. The molecule has 2 fully saturated rings. The van der Waals surface area contributed by atoms with Crippen LogP contribution in [-0.4, -0.2) is 37.0 Å². The fourth-order valence-corrected chi connectivity index (χ4v) is 4.96. The number of nitrogens with zero attached hydrogens (tertiary/aromatic N) is 1. The quantitative estimate of drug-likeness (QED) is 0.804. The summed E-state index contributed by atoms with van der Waals surface area (Å²) in [7, 11) is 0.217. The highest BCUT2D eigenvalue weighted by Gasteiger charge is 2.61. The number of aromatic amines is 1. The first-order valence-corrected chi connectivity index (χ1v) is 9.13. The lowest BCUT2D eigenvalue weighted by molar-refractivity contribution is 0.0676. The van der Waals surface area contributed by atoms with Gasteiger partial charge in [-0.3, -0.25) is 4.79 Å². The van der Waals surface area contributed by atoms with Crippen molar-refractivity contribution >= 4 is 25.8 Å². The zero-order valence-corrected chi connectivity index (χ0v) is 14.3. The second-order valence-electron chi connectivity index (χ2n) is 7.30. The van der Waals surface area contributed by atoms with Crippen LogP contribution in [0.4, 0.5) is 4.39 Å². The number of hydrogen-bond donors (Lipinski definition) is 1. The second-order valence-corrected chi connectivity index (χ2v) is 8.30. The van der Waals surface area contributed by atoms with Crippen LogP contribution < -0.4 is 0 Å². The van der Waals surface area contributed by atoms with E-state index in [1.165, 1.54) is 6.07 Å². The summed E-state index contributed by atoms with van der Waals surface area (Å²) in [5.74, 6) is 0.832. The van der Waals surface area contributed by atoms with Gasteiger partial charge in [0, 0.05) is 20.9 Å². The third-order valence-corrected chi connectivity index (χ3v) is 6.76. The molecule has 1 unspecified atom stereocenters. The van der Waals surface area contributed by atoms with Gasteiger partial charge in [-0.25, -0.2) is 4.39 Å². The Morgan fingerprint density at radius 2 is 2.22 bits per heavy atom. The van der Waals surface area contributed by atoms with Gasteiger partial charge in [0.2, 0.25) is 0 Å². The average Bonchev–Trinajstić information content (AvgIpc) is 2.88. The normalized spacial score (nSPS) is 28.3. The number of benzene rings is 1. The van der Waals surface area contributed by atoms with E-state index in [1.807, 2.05) is 11.0 Å². The summed E-state index contributed by atoms with van der Waals surface area (Å²) in [5.41, 5.74) is 1.25. The van der Waals surface area contributed by atoms with Gasteiger partial charge in [-0.05, 0) is 35.8 Å². The molecule has 1 aliphatic heterocycles. The largest absolute Gasteiger partial charge is 0.348 e. The number of para-hydroxylation sites is 1. The Morgan fingerprint density at radius 1 is 1.43 bits per heavy atom. The molecule has 1 amide bonds. The number of amides is 1. The van der Waals surface area contributed by atoms with Gasteiger partial charge in [-0.2, -0.15) is 6.00 Å². The number of halogens is 1. The molecular formula is C18H19FN2OSi. The molecular weight excluding hydrogens is 307 g/mol. The SMILES string of the molecule is C#[Si]C1C[C@@H]2[C@H](CN1C(=O)c1cc3cccc(F)c3[nH]1)C2(C)C. The summed E-state index contributed by atoms with van der Waals surface area (Å²) in [6.45, 7) is 5.29. The van der Waals surface area contributed by atoms with Gasteiger partial charge in [-0.15, -0.1) is 0 Å². The van der Waals surface area contributed by atoms with Gasteiger partial charge >= 0.3 is 0 Å². The van der Waals surface area contributed by atoms with Crippen LogP contribution in [-0.2, 0) is 0 Å². The Balaban J connectivity index is 1.67. The van der Waals surface area contributed by atoms with E-state index < -0.39 is 0 Å². The van der Waals surface area contributed by atoms with Gasteiger partial charge < -0.3 is 9.88 Å². The lowest BCUT2D eigenvalue weighted by atomic mass is 10.1. The third-order valence-electron chi connectivity index (χ3n) is 5.82. The summed E-state index contributed by atoms with van der Waals surface area (Å²) >= 11 is 0. The molecule has 118 valence electrons. The van der Waals surface area contributed by atoms with E-state index in [2.05, 4.69) is 18.8 Å². The summed E-state index contributed by atoms with van der Waals surface area (Å²) in [6, 6.07) is 12.5. The molecule has 1 saturated carbocycles. The number of rotatable bonds is 1. The van der Waals surface area contributed by atoms with Crippen LogP contribution in [0.15, 0.2) is 24.3 Å². The molecule has 1 aromatic heterocycles. The number of piperidine rings is 1. The van der Waals surface area contributed by atoms with Crippen molar-refractivity contribution in [3.63, 3.8) is 0 Å². The maximum absolute atomic E-state index is 13.8. The van der Waals surface area contributed by atoms with Gasteiger partial charge in [0.05, 0.1) is 11.2 Å². The highest BCUT2D eigenvalue weighted by molar-refractivity contribution is 6.25. The molecule has 2 aromatic rings. The molecule has 0 bridgehead atoms. The maximum Gasteiger partial charge on any atom is 0.270 e. The highest BCUT2D eigenvalue weighted by Crippen LogP contribution is 2.62. The molecule has 0 radical (unpaired) electrons. The molecule has 2 aliphatic rings. The van der Waals surface area contributed by atoms with Gasteiger partial charge in [0.15, 0.2) is 0 Å². The summed E-state index contributed by atoms with van der Waals surface area (Å²) in [4.78, 5) is 17.8. The van der Waals surface area contributed by atoms with Gasteiger partial charge in [-0.1, -0.05) is 26.0 Å². The van der Waals surface area contributed by atoms with E-state index in [0.717, 1.165) is 18.4 Å². The maximum atomic E-state index is 13.8. The Labute approximate surface area is 137 Å². The minimum Gasteiger partial charge on any atom is -0.348 e.